The molecular formula is C27H32N2O6. The Balaban J connectivity index is 1.15. The van der Waals surface area contributed by atoms with Crippen LogP contribution in [0.1, 0.15) is 42.7 Å². The summed E-state index contributed by atoms with van der Waals surface area (Å²) < 4.78 is 10.5. The van der Waals surface area contributed by atoms with Gasteiger partial charge in [-0.2, -0.15) is 0 Å². The number of nitrogens with one attached hydrogen (secondary N) is 2. The van der Waals surface area contributed by atoms with Crippen molar-refractivity contribution in [1.29, 1.82) is 0 Å². The van der Waals surface area contributed by atoms with Crippen LogP contribution < -0.4 is 10.6 Å². The van der Waals surface area contributed by atoms with Crippen molar-refractivity contribution >= 4 is 18.0 Å². The number of aliphatic carboxylic acids is 1. The highest BCUT2D eigenvalue weighted by Crippen LogP contribution is 2.44. The van der Waals surface area contributed by atoms with Gasteiger partial charge in [0.2, 0.25) is 5.91 Å². The highest BCUT2D eigenvalue weighted by Gasteiger charge is 2.29. The molecule has 0 atom stereocenters. The number of hydrogen-bond acceptors (Lipinski definition) is 5. The smallest absolute Gasteiger partial charge is 0.407 e. The van der Waals surface area contributed by atoms with E-state index in [1.807, 2.05) is 24.3 Å². The Morgan fingerprint density at radius 2 is 1.51 bits per heavy atom. The molecule has 0 radical (unpaired) electrons. The molecule has 2 aromatic rings. The minimum Gasteiger partial charge on any atom is -0.480 e. The third kappa shape index (κ3) is 6.39. The SMILES string of the molecule is O=C(O)COCCNC(=O)C1CCC(CNC(=O)OCC2c3ccccc3-c3ccccc32)CC1. The summed E-state index contributed by atoms with van der Waals surface area (Å²) >= 11 is 0. The van der Waals surface area contributed by atoms with Crippen molar-refractivity contribution in [3.8, 4) is 11.1 Å². The van der Waals surface area contributed by atoms with E-state index in [2.05, 4.69) is 34.9 Å². The maximum absolute atomic E-state index is 12.4. The molecule has 8 nitrogen and oxygen atoms in total. The molecule has 2 aliphatic rings. The van der Waals surface area contributed by atoms with Crippen LogP contribution in [0.3, 0.4) is 0 Å². The lowest BCUT2D eigenvalue weighted by Crippen LogP contribution is -2.37. The van der Waals surface area contributed by atoms with Gasteiger partial charge in [0.05, 0.1) is 6.61 Å². The average Bonchev–Trinajstić information content (AvgIpc) is 3.19. The van der Waals surface area contributed by atoms with E-state index in [9.17, 15) is 14.4 Å². The van der Waals surface area contributed by atoms with Crippen LogP contribution in [0.5, 0.6) is 0 Å². The standard InChI is InChI=1S/C27H32N2O6/c30-25(31)17-34-14-13-28-26(32)19-11-9-18(10-12-19)15-29-27(33)35-16-24-22-7-3-1-5-20(22)21-6-2-4-8-23(21)24/h1-8,18-19,24H,9-17H2,(H,28,32)(H,29,33)(H,30,31). The Labute approximate surface area is 205 Å². The van der Waals surface area contributed by atoms with E-state index in [1.54, 1.807) is 0 Å². The van der Waals surface area contributed by atoms with Crippen molar-refractivity contribution < 1.29 is 29.0 Å². The minimum absolute atomic E-state index is 0.0214. The summed E-state index contributed by atoms with van der Waals surface area (Å²) in [4.78, 5) is 35.1. The van der Waals surface area contributed by atoms with Gasteiger partial charge in [0.25, 0.3) is 0 Å². The van der Waals surface area contributed by atoms with Gasteiger partial charge in [-0.05, 0) is 53.9 Å². The number of fused-ring (bicyclic) bond motifs is 3. The summed E-state index contributed by atoms with van der Waals surface area (Å²) in [6.45, 7) is 0.946. The number of ether oxygens (including phenoxy) is 2. The second-order valence-corrected chi connectivity index (χ2v) is 9.16. The fourth-order valence-corrected chi connectivity index (χ4v) is 5.06. The molecule has 0 aliphatic heterocycles. The molecular weight excluding hydrogens is 448 g/mol. The second-order valence-electron chi connectivity index (χ2n) is 9.16. The zero-order valence-corrected chi connectivity index (χ0v) is 19.7. The van der Waals surface area contributed by atoms with Gasteiger partial charge in [0.1, 0.15) is 13.2 Å². The molecule has 35 heavy (non-hydrogen) atoms. The summed E-state index contributed by atoms with van der Waals surface area (Å²) in [7, 11) is 0. The first-order valence-corrected chi connectivity index (χ1v) is 12.2. The molecule has 0 aromatic heterocycles. The third-order valence-corrected chi connectivity index (χ3v) is 6.87. The zero-order valence-electron chi connectivity index (χ0n) is 19.7. The monoisotopic (exact) mass is 480 g/mol. The largest absolute Gasteiger partial charge is 0.480 e. The van der Waals surface area contributed by atoms with Crippen LogP contribution in [0.15, 0.2) is 48.5 Å². The molecule has 8 heteroatoms. The van der Waals surface area contributed by atoms with Crippen LogP contribution in [0, 0.1) is 11.8 Å². The molecule has 1 fully saturated rings. The van der Waals surface area contributed by atoms with Gasteiger partial charge in [0.15, 0.2) is 0 Å². The van der Waals surface area contributed by atoms with Crippen LogP contribution in [0.25, 0.3) is 11.1 Å². The molecule has 2 aliphatic carbocycles. The highest BCUT2D eigenvalue weighted by molar-refractivity contribution is 5.79. The molecule has 0 spiro atoms. The van der Waals surface area contributed by atoms with Crippen molar-refractivity contribution in [3.63, 3.8) is 0 Å². The first-order valence-electron chi connectivity index (χ1n) is 12.2. The van der Waals surface area contributed by atoms with E-state index >= 15 is 0 Å². The summed E-state index contributed by atoms with van der Waals surface area (Å²) in [5, 5.41) is 14.2. The minimum atomic E-state index is -1.03. The number of carboxylic acids is 1. The summed E-state index contributed by atoms with van der Waals surface area (Å²) in [5.74, 6) is -0.747. The Bertz CT molecular complexity index is 1000. The number of amides is 2. The first kappa shape index (κ1) is 24.7. The zero-order chi connectivity index (χ0) is 24.6. The summed E-state index contributed by atoms with van der Waals surface area (Å²) in [6.07, 6.45) is 2.83. The molecule has 0 unspecified atom stereocenters. The van der Waals surface area contributed by atoms with Gasteiger partial charge in [-0.15, -0.1) is 0 Å². The summed E-state index contributed by atoms with van der Waals surface area (Å²) in [6, 6.07) is 16.5. The van der Waals surface area contributed by atoms with Crippen molar-refractivity contribution in [2.75, 3.05) is 32.9 Å². The number of carbonyl (C=O) groups excluding carboxylic acids is 2. The third-order valence-electron chi connectivity index (χ3n) is 6.87. The number of carboxylic acid groups (broad SMARTS) is 1. The van der Waals surface area contributed by atoms with Gasteiger partial charge in [0, 0.05) is 24.9 Å². The second kappa shape index (κ2) is 11.8. The van der Waals surface area contributed by atoms with Crippen LogP contribution in [-0.2, 0) is 19.1 Å². The molecule has 1 saturated carbocycles. The van der Waals surface area contributed by atoms with Gasteiger partial charge in [-0.3, -0.25) is 4.79 Å². The number of benzene rings is 2. The number of rotatable bonds is 10. The van der Waals surface area contributed by atoms with Crippen LogP contribution in [0.4, 0.5) is 4.79 Å². The number of alkyl carbamates (subject to hydrolysis) is 1. The molecule has 0 heterocycles. The number of carbonyl (C=O) groups is 3. The molecule has 2 amide bonds. The molecule has 2 aromatic carbocycles. The van der Waals surface area contributed by atoms with Gasteiger partial charge in [-0.25, -0.2) is 9.59 Å². The Morgan fingerprint density at radius 3 is 2.14 bits per heavy atom. The summed E-state index contributed by atoms with van der Waals surface area (Å²) in [5.41, 5.74) is 4.77. The normalized spacial score (nSPS) is 18.9. The van der Waals surface area contributed by atoms with Crippen LogP contribution in [0.2, 0.25) is 0 Å². The van der Waals surface area contributed by atoms with Gasteiger partial charge >= 0.3 is 12.1 Å². The predicted molar refractivity (Wildman–Crippen MR) is 130 cm³/mol. The molecule has 3 N–H and O–H groups in total. The Hall–Kier alpha value is -3.39. The molecule has 0 saturated heterocycles. The Morgan fingerprint density at radius 1 is 0.886 bits per heavy atom. The fourth-order valence-electron chi connectivity index (χ4n) is 5.06. The Kier molecular flexibility index (Phi) is 8.36. The van der Waals surface area contributed by atoms with E-state index in [-0.39, 0.29) is 31.0 Å². The fraction of sp³-hybridized carbons (Fsp3) is 0.444. The van der Waals surface area contributed by atoms with Gasteiger partial charge in [-0.1, -0.05) is 48.5 Å². The predicted octanol–water partition coefficient (Wildman–Crippen LogP) is 3.55. The van der Waals surface area contributed by atoms with E-state index in [0.717, 1.165) is 25.7 Å². The van der Waals surface area contributed by atoms with E-state index in [1.165, 1.54) is 22.3 Å². The van der Waals surface area contributed by atoms with Crippen molar-refractivity contribution in [2.24, 2.45) is 11.8 Å². The lowest BCUT2D eigenvalue weighted by Gasteiger charge is -2.27. The van der Waals surface area contributed by atoms with Crippen molar-refractivity contribution in [3.05, 3.63) is 59.7 Å². The first-order chi connectivity index (χ1) is 17.0. The molecule has 186 valence electrons. The van der Waals surface area contributed by atoms with E-state index in [0.29, 0.717) is 25.6 Å². The lowest BCUT2D eigenvalue weighted by molar-refractivity contribution is -0.142. The van der Waals surface area contributed by atoms with Gasteiger partial charge < -0.3 is 25.2 Å². The van der Waals surface area contributed by atoms with Crippen molar-refractivity contribution in [1.82, 2.24) is 10.6 Å². The van der Waals surface area contributed by atoms with E-state index in [4.69, 9.17) is 14.6 Å². The lowest BCUT2D eigenvalue weighted by atomic mass is 9.81. The highest BCUT2D eigenvalue weighted by atomic mass is 16.5. The maximum Gasteiger partial charge on any atom is 0.407 e. The van der Waals surface area contributed by atoms with Crippen molar-refractivity contribution in [2.45, 2.75) is 31.6 Å². The molecule has 4 rings (SSSR count). The maximum atomic E-state index is 12.4. The van der Waals surface area contributed by atoms with Crippen LogP contribution in [-0.4, -0.2) is 56.0 Å². The quantitative estimate of drug-likeness (QED) is 0.448. The molecule has 0 bridgehead atoms. The average molecular weight is 481 g/mol. The van der Waals surface area contributed by atoms with Crippen LogP contribution >= 0.6 is 0 Å². The topological polar surface area (TPSA) is 114 Å². The van der Waals surface area contributed by atoms with E-state index < -0.39 is 12.1 Å². The number of hydrogen-bond donors (Lipinski definition) is 3.